The van der Waals surface area contributed by atoms with Gasteiger partial charge in [0.25, 0.3) is 0 Å². The summed E-state index contributed by atoms with van der Waals surface area (Å²) in [7, 11) is 0. The SMILES string of the molecule is N#Cc1cnn2cc(N3CCCC3)cc(-c3ccc(N4CCC(C(N)=O)CC4)nc3)c12. The minimum Gasteiger partial charge on any atom is -0.370 e. The van der Waals surface area contributed by atoms with E-state index in [2.05, 4.69) is 33.1 Å². The molecule has 8 nitrogen and oxygen atoms in total. The van der Waals surface area contributed by atoms with Crippen LogP contribution in [0.2, 0.25) is 0 Å². The van der Waals surface area contributed by atoms with Crippen molar-refractivity contribution >= 4 is 22.9 Å². The number of piperidine rings is 1. The van der Waals surface area contributed by atoms with E-state index in [9.17, 15) is 10.1 Å². The third-order valence-electron chi connectivity index (χ3n) is 6.47. The summed E-state index contributed by atoms with van der Waals surface area (Å²) >= 11 is 0. The number of nitriles is 1. The summed E-state index contributed by atoms with van der Waals surface area (Å²) in [5, 5.41) is 14.0. The average molecular weight is 416 g/mol. The molecule has 0 aromatic carbocycles. The molecule has 0 spiro atoms. The van der Waals surface area contributed by atoms with E-state index in [0.29, 0.717) is 5.56 Å². The summed E-state index contributed by atoms with van der Waals surface area (Å²) in [6.45, 7) is 3.62. The van der Waals surface area contributed by atoms with Crippen molar-refractivity contribution in [3.63, 3.8) is 0 Å². The number of rotatable bonds is 4. The Balaban J connectivity index is 1.48. The largest absolute Gasteiger partial charge is 0.370 e. The van der Waals surface area contributed by atoms with E-state index in [1.807, 2.05) is 23.0 Å². The van der Waals surface area contributed by atoms with Crippen LogP contribution in [0.4, 0.5) is 11.5 Å². The maximum absolute atomic E-state index is 11.4. The summed E-state index contributed by atoms with van der Waals surface area (Å²) in [5.41, 5.74) is 9.85. The summed E-state index contributed by atoms with van der Waals surface area (Å²) in [4.78, 5) is 20.7. The van der Waals surface area contributed by atoms with Gasteiger partial charge in [0.1, 0.15) is 11.9 Å². The number of fused-ring (bicyclic) bond motifs is 1. The fourth-order valence-electron chi connectivity index (χ4n) is 4.68. The van der Waals surface area contributed by atoms with Crippen molar-refractivity contribution in [1.82, 2.24) is 14.6 Å². The second-order valence-electron chi connectivity index (χ2n) is 8.34. The summed E-state index contributed by atoms with van der Waals surface area (Å²) < 4.78 is 1.81. The average Bonchev–Trinajstić information content (AvgIpc) is 3.48. The fraction of sp³-hybridized carbons (Fsp3) is 0.391. The van der Waals surface area contributed by atoms with Crippen LogP contribution < -0.4 is 15.5 Å². The third kappa shape index (κ3) is 3.56. The molecule has 1 amide bonds. The highest BCUT2D eigenvalue weighted by Gasteiger charge is 2.24. The number of hydrogen-bond acceptors (Lipinski definition) is 6. The van der Waals surface area contributed by atoms with Gasteiger partial charge in [-0.3, -0.25) is 4.79 Å². The van der Waals surface area contributed by atoms with Crippen LogP contribution in [0.25, 0.3) is 16.6 Å². The Bertz CT molecular complexity index is 1150. The molecule has 5 rings (SSSR count). The van der Waals surface area contributed by atoms with Crippen LogP contribution >= 0.6 is 0 Å². The molecule has 2 saturated heterocycles. The van der Waals surface area contributed by atoms with Gasteiger partial charge in [0.15, 0.2) is 0 Å². The molecule has 3 aromatic rings. The highest BCUT2D eigenvalue weighted by molar-refractivity contribution is 5.86. The zero-order valence-corrected chi connectivity index (χ0v) is 17.4. The number of aromatic nitrogens is 3. The molecule has 0 aliphatic carbocycles. The molecule has 3 aromatic heterocycles. The zero-order chi connectivity index (χ0) is 21.4. The van der Waals surface area contributed by atoms with Crippen molar-refractivity contribution < 1.29 is 4.79 Å². The molecule has 0 saturated carbocycles. The molecule has 0 atom stereocenters. The number of nitrogens with two attached hydrogens (primary N) is 1. The molecular formula is C23H25N7O. The van der Waals surface area contributed by atoms with Gasteiger partial charge in [0.2, 0.25) is 5.91 Å². The Labute approximate surface area is 180 Å². The molecule has 0 bridgehead atoms. The first-order valence-corrected chi connectivity index (χ1v) is 10.8. The molecular weight excluding hydrogens is 390 g/mol. The Morgan fingerprint density at radius 1 is 1.10 bits per heavy atom. The van der Waals surface area contributed by atoms with Gasteiger partial charge in [0.05, 0.1) is 29.2 Å². The smallest absolute Gasteiger partial charge is 0.220 e. The lowest BCUT2D eigenvalue weighted by atomic mass is 9.96. The number of carbonyl (C=O) groups is 1. The first-order chi connectivity index (χ1) is 15.1. The van der Waals surface area contributed by atoms with Gasteiger partial charge in [-0.1, -0.05) is 0 Å². The molecule has 31 heavy (non-hydrogen) atoms. The number of pyridine rings is 2. The Morgan fingerprint density at radius 3 is 2.52 bits per heavy atom. The zero-order valence-electron chi connectivity index (χ0n) is 17.4. The number of hydrogen-bond donors (Lipinski definition) is 1. The van der Waals surface area contributed by atoms with E-state index in [1.54, 1.807) is 6.20 Å². The van der Waals surface area contributed by atoms with Crippen LogP contribution in [-0.4, -0.2) is 46.7 Å². The molecule has 2 N–H and O–H groups in total. The van der Waals surface area contributed by atoms with E-state index in [-0.39, 0.29) is 11.8 Å². The molecule has 2 aliphatic heterocycles. The second kappa shape index (κ2) is 7.91. The van der Waals surface area contributed by atoms with Gasteiger partial charge in [-0.05, 0) is 43.9 Å². The Hall–Kier alpha value is -3.60. The highest BCUT2D eigenvalue weighted by Crippen LogP contribution is 2.33. The van der Waals surface area contributed by atoms with E-state index in [0.717, 1.165) is 67.2 Å². The van der Waals surface area contributed by atoms with Gasteiger partial charge >= 0.3 is 0 Å². The van der Waals surface area contributed by atoms with Crippen molar-refractivity contribution in [2.45, 2.75) is 25.7 Å². The van der Waals surface area contributed by atoms with Gasteiger partial charge in [-0.15, -0.1) is 0 Å². The summed E-state index contributed by atoms with van der Waals surface area (Å²) in [6.07, 6.45) is 9.41. The highest BCUT2D eigenvalue weighted by atomic mass is 16.1. The maximum Gasteiger partial charge on any atom is 0.220 e. The quantitative estimate of drug-likeness (QED) is 0.702. The standard InChI is InChI=1S/C23H25N7O/c24-12-18-14-27-30-15-19(28-7-1-2-8-28)11-20(22(18)30)17-3-4-21(26-13-17)29-9-5-16(6-10-29)23(25)31/h3-4,11,13-16H,1-2,5-10H2,(H2,25,31). The van der Waals surface area contributed by atoms with Crippen molar-refractivity contribution in [1.29, 1.82) is 5.26 Å². The predicted octanol–water partition coefficient (Wildman–Crippen LogP) is 2.57. The van der Waals surface area contributed by atoms with Crippen LogP contribution in [0, 0.1) is 17.2 Å². The van der Waals surface area contributed by atoms with Gasteiger partial charge in [-0.25, -0.2) is 9.50 Å². The minimum atomic E-state index is -0.209. The van der Waals surface area contributed by atoms with E-state index >= 15 is 0 Å². The van der Waals surface area contributed by atoms with Gasteiger partial charge in [0, 0.05) is 49.4 Å². The molecule has 2 fully saturated rings. The molecule has 5 heterocycles. The topological polar surface area (TPSA) is 104 Å². The molecule has 0 unspecified atom stereocenters. The lowest BCUT2D eigenvalue weighted by Crippen LogP contribution is -2.38. The van der Waals surface area contributed by atoms with E-state index in [4.69, 9.17) is 10.7 Å². The first kappa shape index (κ1) is 19.4. The van der Waals surface area contributed by atoms with Crippen LogP contribution in [0.3, 0.4) is 0 Å². The summed E-state index contributed by atoms with van der Waals surface area (Å²) in [6, 6.07) is 8.48. The number of carbonyl (C=O) groups excluding carboxylic acids is 1. The lowest BCUT2D eigenvalue weighted by Gasteiger charge is -2.31. The van der Waals surface area contributed by atoms with Crippen LogP contribution in [0.1, 0.15) is 31.2 Å². The number of amides is 1. The number of nitrogens with zero attached hydrogens (tertiary/aromatic N) is 6. The normalized spacial score (nSPS) is 17.3. The van der Waals surface area contributed by atoms with Crippen molar-refractivity contribution in [2.75, 3.05) is 36.0 Å². The van der Waals surface area contributed by atoms with Gasteiger partial charge in [-0.2, -0.15) is 10.4 Å². The van der Waals surface area contributed by atoms with Crippen molar-refractivity contribution in [2.24, 2.45) is 11.7 Å². The Kier molecular flexibility index (Phi) is 4.94. The monoisotopic (exact) mass is 415 g/mol. The summed E-state index contributed by atoms with van der Waals surface area (Å²) in [5.74, 6) is 0.648. The van der Waals surface area contributed by atoms with E-state index in [1.165, 1.54) is 12.8 Å². The minimum absolute atomic E-state index is 0.0385. The molecule has 2 aliphatic rings. The third-order valence-corrected chi connectivity index (χ3v) is 6.47. The van der Waals surface area contributed by atoms with Crippen LogP contribution in [-0.2, 0) is 4.79 Å². The first-order valence-electron chi connectivity index (χ1n) is 10.8. The fourth-order valence-corrected chi connectivity index (χ4v) is 4.68. The molecule has 158 valence electrons. The molecule has 8 heteroatoms. The van der Waals surface area contributed by atoms with Crippen LogP contribution in [0.15, 0.2) is 36.8 Å². The van der Waals surface area contributed by atoms with Crippen molar-refractivity contribution in [3.05, 3.63) is 42.4 Å². The predicted molar refractivity (Wildman–Crippen MR) is 119 cm³/mol. The van der Waals surface area contributed by atoms with E-state index < -0.39 is 0 Å². The maximum atomic E-state index is 11.4. The van der Waals surface area contributed by atoms with Crippen molar-refractivity contribution in [3.8, 4) is 17.2 Å². The number of primary amides is 1. The second-order valence-corrected chi connectivity index (χ2v) is 8.34. The Morgan fingerprint density at radius 2 is 1.87 bits per heavy atom. The molecule has 0 radical (unpaired) electrons. The lowest BCUT2D eigenvalue weighted by molar-refractivity contribution is -0.122. The van der Waals surface area contributed by atoms with Crippen LogP contribution in [0.5, 0.6) is 0 Å². The number of anilines is 2. The van der Waals surface area contributed by atoms with Gasteiger partial charge < -0.3 is 15.5 Å².